The fourth-order valence-electron chi connectivity index (χ4n) is 1.11. The number of aromatic nitrogens is 3. The van der Waals surface area contributed by atoms with Crippen LogP contribution in [0.15, 0.2) is 6.20 Å². The summed E-state index contributed by atoms with van der Waals surface area (Å²) in [7, 11) is 0. The topological polar surface area (TPSA) is 88.9 Å². The fraction of sp³-hybridized carbons (Fsp3) is 0.600. The van der Waals surface area contributed by atoms with Crippen LogP contribution >= 0.6 is 0 Å². The van der Waals surface area contributed by atoms with Gasteiger partial charge in [0.2, 0.25) is 11.8 Å². The molecule has 0 radical (unpaired) electrons. The van der Waals surface area contributed by atoms with Gasteiger partial charge < -0.3 is 10.6 Å². The molecule has 1 aromatic heterocycles. The van der Waals surface area contributed by atoms with Crippen LogP contribution in [0.3, 0.4) is 0 Å². The summed E-state index contributed by atoms with van der Waals surface area (Å²) in [5.74, 6) is -1.25. The Hall–Kier alpha value is -2.13. The van der Waals surface area contributed by atoms with E-state index in [2.05, 4.69) is 15.6 Å². The maximum absolute atomic E-state index is 11.9. The monoisotopic (exact) mass is 293 g/mol. The van der Waals surface area contributed by atoms with Gasteiger partial charge in [0, 0.05) is 5.92 Å². The summed E-state index contributed by atoms with van der Waals surface area (Å²) < 4.78 is 36.7. The van der Waals surface area contributed by atoms with Crippen molar-refractivity contribution in [2.75, 3.05) is 11.9 Å². The summed E-state index contributed by atoms with van der Waals surface area (Å²) in [6, 6.07) is 0. The predicted molar refractivity (Wildman–Crippen MR) is 62.6 cm³/mol. The van der Waals surface area contributed by atoms with E-state index in [4.69, 9.17) is 0 Å². The van der Waals surface area contributed by atoms with Crippen molar-refractivity contribution in [3.8, 4) is 0 Å². The predicted octanol–water partition coefficient (Wildman–Crippen LogP) is 0.551. The first-order valence-corrected chi connectivity index (χ1v) is 5.72. The minimum Gasteiger partial charge on any atom is -0.345 e. The van der Waals surface area contributed by atoms with Crippen molar-refractivity contribution in [3.63, 3.8) is 0 Å². The van der Waals surface area contributed by atoms with Crippen LogP contribution in [0.25, 0.3) is 0 Å². The van der Waals surface area contributed by atoms with Crippen molar-refractivity contribution in [3.05, 3.63) is 6.20 Å². The number of nitrogens with zero attached hydrogens (tertiary/aromatic N) is 3. The largest absolute Gasteiger partial charge is 0.405 e. The highest BCUT2D eigenvalue weighted by molar-refractivity contribution is 5.90. The Morgan fingerprint density at radius 3 is 2.60 bits per heavy atom. The average molecular weight is 293 g/mol. The van der Waals surface area contributed by atoms with E-state index >= 15 is 0 Å². The van der Waals surface area contributed by atoms with E-state index in [9.17, 15) is 22.8 Å². The number of amides is 2. The second-order valence-electron chi connectivity index (χ2n) is 4.34. The zero-order valence-electron chi connectivity index (χ0n) is 10.9. The Labute approximate surface area is 112 Å². The molecule has 0 aliphatic heterocycles. The van der Waals surface area contributed by atoms with Gasteiger partial charge in [0.15, 0.2) is 5.82 Å². The van der Waals surface area contributed by atoms with E-state index in [1.165, 1.54) is 6.20 Å². The minimum atomic E-state index is -4.46. The summed E-state index contributed by atoms with van der Waals surface area (Å²) in [5.41, 5.74) is 0. The molecule has 0 aliphatic carbocycles. The van der Waals surface area contributed by atoms with Crippen LogP contribution in [0.4, 0.5) is 19.0 Å². The summed E-state index contributed by atoms with van der Waals surface area (Å²) in [6.45, 7) is 1.55. The highest BCUT2D eigenvalue weighted by atomic mass is 19.4. The van der Waals surface area contributed by atoms with Crippen molar-refractivity contribution in [1.82, 2.24) is 20.3 Å². The zero-order chi connectivity index (χ0) is 15.3. The number of hydrogen-bond acceptors (Lipinski definition) is 4. The van der Waals surface area contributed by atoms with Crippen LogP contribution in [0.5, 0.6) is 0 Å². The van der Waals surface area contributed by atoms with Crippen molar-refractivity contribution in [2.24, 2.45) is 5.92 Å². The van der Waals surface area contributed by atoms with Gasteiger partial charge in [-0.15, -0.1) is 5.10 Å². The van der Waals surface area contributed by atoms with Crippen LogP contribution < -0.4 is 10.6 Å². The third kappa shape index (κ3) is 5.67. The van der Waals surface area contributed by atoms with E-state index < -0.39 is 25.2 Å². The molecule has 7 nitrogen and oxygen atoms in total. The SMILES string of the molecule is CC(C)C(=O)Nc1cn(CC(=O)NCC(F)(F)F)nn1. The number of halogens is 3. The first-order chi connectivity index (χ1) is 9.17. The highest BCUT2D eigenvalue weighted by Gasteiger charge is 2.27. The molecule has 0 fully saturated rings. The van der Waals surface area contributed by atoms with Gasteiger partial charge in [-0.3, -0.25) is 9.59 Å². The summed E-state index contributed by atoms with van der Waals surface area (Å²) >= 11 is 0. The third-order valence-electron chi connectivity index (χ3n) is 2.11. The van der Waals surface area contributed by atoms with E-state index in [1.54, 1.807) is 19.2 Å². The third-order valence-corrected chi connectivity index (χ3v) is 2.11. The molecule has 0 aromatic carbocycles. The van der Waals surface area contributed by atoms with Gasteiger partial charge >= 0.3 is 6.18 Å². The number of alkyl halides is 3. The van der Waals surface area contributed by atoms with E-state index in [0.29, 0.717) is 0 Å². The lowest BCUT2D eigenvalue weighted by atomic mass is 10.2. The number of carbonyl (C=O) groups excluding carboxylic acids is 2. The minimum absolute atomic E-state index is 0.132. The first kappa shape index (κ1) is 15.9. The second-order valence-corrected chi connectivity index (χ2v) is 4.34. The van der Waals surface area contributed by atoms with Crippen LogP contribution in [0.1, 0.15) is 13.8 Å². The molecule has 0 bridgehead atoms. The maximum Gasteiger partial charge on any atom is 0.405 e. The molecular weight excluding hydrogens is 279 g/mol. The number of rotatable bonds is 5. The highest BCUT2D eigenvalue weighted by Crippen LogP contribution is 2.12. The Bertz CT molecular complexity index is 483. The van der Waals surface area contributed by atoms with Gasteiger partial charge in [-0.1, -0.05) is 19.1 Å². The van der Waals surface area contributed by atoms with Gasteiger partial charge in [-0.2, -0.15) is 13.2 Å². The zero-order valence-corrected chi connectivity index (χ0v) is 10.9. The van der Waals surface area contributed by atoms with Crippen LogP contribution in [0.2, 0.25) is 0 Å². The van der Waals surface area contributed by atoms with Crippen molar-refractivity contribution < 1.29 is 22.8 Å². The molecule has 10 heteroatoms. The quantitative estimate of drug-likeness (QED) is 0.829. The molecule has 1 aromatic rings. The molecule has 2 amide bonds. The van der Waals surface area contributed by atoms with E-state index in [1.807, 2.05) is 0 Å². The average Bonchev–Trinajstić information content (AvgIpc) is 2.73. The van der Waals surface area contributed by atoms with Gasteiger partial charge in [-0.25, -0.2) is 4.68 Å². The summed E-state index contributed by atoms with van der Waals surface area (Å²) in [4.78, 5) is 22.6. The smallest absolute Gasteiger partial charge is 0.345 e. The lowest BCUT2D eigenvalue weighted by Crippen LogP contribution is -2.35. The van der Waals surface area contributed by atoms with Gasteiger partial charge in [0.05, 0.1) is 6.20 Å². The molecule has 112 valence electrons. The normalized spacial score (nSPS) is 11.5. The number of nitrogens with one attached hydrogen (secondary N) is 2. The lowest BCUT2D eigenvalue weighted by Gasteiger charge is -2.07. The molecule has 0 saturated carbocycles. The molecule has 1 rings (SSSR count). The molecule has 20 heavy (non-hydrogen) atoms. The molecular formula is C10H14F3N5O2. The van der Waals surface area contributed by atoms with E-state index in [0.717, 1.165) is 4.68 Å². The molecule has 2 N–H and O–H groups in total. The molecule has 0 saturated heterocycles. The summed E-state index contributed by atoms with van der Waals surface area (Å²) in [5, 5.41) is 11.2. The van der Waals surface area contributed by atoms with E-state index in [-0.39, 0.29) is 17.6 Å². The van der Waals surface area contributed by atoms with Gasteiger partial charge in [0.25, 0.3) is 0 Å². The Morgan fingerprint density at radius 1 is 1.40 bits per heavy atom. The van der Waals surface area contributed by atoms with Crippen LogP contribution in [0, 0.1) is 5.92 Å². The molecule has 0 atom stereocenters. The number of hydrogen-bond donors (Lipinski definition) is 2. The van der Waals surface area contributed by atoms with Crippen LogP contribution in [-0.4, -0.2) is 39.5 Å². The molecule has 0 spiro atoms. The summed E-state index contributed by atoms with van der Waals surface area (Å²) in [6.07, 6.45) is -3.21. The number of carbonyl (C=O) groups is 2. The van der Waals surface area contributed by atoms with Gasteiger partial charge in [0.1, 0.15) is 13.1 Å². The Kier molecular flexibility index (Phi) is 5.06. The van der Waals surface area contributed by atoms with Gasteiger partial charge in [-0.05, 0) is 0 Å². The van der Waals surface area contributed by atoms with Crippen molar-refractivity contribution >= 4 is 17.6 Å². The molecule has 1 heterocycles. The lowest BCUT2D eigenvalue weighted by molar-refractivity contribution is -0.138. The number of anilines is 1. The molecule has 0 unspecified atom stereocenters. The first-order valence-electron chi connectivity index (χ1n) is 5.72. The Balaban J connectivity index is 2.48. The standard InChI is InChI=1S/C10H14F3N5O2/c1-6(2)9(20)15-7-3-18(17-16-7)4-8(19)14-5-10(11,12)13/h3,6H,4-5H2,1-2H3,(H,14,19)(H,15,20). The second kappa shape index (κ2) is 6.35. The molecule has 0 aliphatic rings. The van der Waals surface area contributed by atoms with Crippen molar-refractivity contribution in [2.45, 2.75) is 26.6 Å². The van der Waals surface area contributed by atoms with Crippen molar-refractivity contribution in [1.29, 1.82) is 0 Å². The fourth-order valence-corrected chi connectivity index (χ4v) is 1.11. The maximum atomic E-state index is 11.9. The van der Waals surface area contributed by atoms with Crippen LogP contribution in [-0.2, 0) is 16.1 Å². The Morgan fingerprint density at radius 2 is 2.05 bits per heavy atom.